The fourth-order valence-electron chi connectivity index (χ4n) is 2.38. The molecule has 0 radical (unpaired) electrons. The first-order valence-electron chi connectivity index (χ1n) is 7.82. The minimum Gasteiger partial charge on any atom is -0.353 e. The van der Waals surface area contributed by atoms with E-state index in [4.69, 9.17) is 0 Å². The van der Waals surface area contributed by atoms with E-state index in [2.05, 4.69) is 55.9 Å². The number of hydrogen-bond donors (Lipinski definition) is 1. The van der Waals surface area contributed by atoms with Crippen LogP contribution in [0.3, 0.4) is 0 Å². The summed E-state index contributed by atoms with van der Waals surface area (Å²) in [7, 11) is 0. The van der Waals surface area contributed by atoms with Crippen LogP contribution < -0.4 is 10.2 Å². The van der Waals surface area contributed by atoms with Gasteiger partial charge in [0.05, 0.1) is 0 Å². The predicted octanol–water partition coefficient (Wildman–Crippen LogP) is 3.59. The van der Waals surface area contributed by atoms with E-state index in [0.29, 0.717) is 12.0 Å². The Labute approximate surface area is 123 Å². The molecule has 1 aliphatic carbocycles. The van der Waals surface area contributed by atoms with Crippen LogP contribution in [0.5, 0.6) is 0 Å². The fourth-order valence-corrected chi connectivity index (χ4v) is 2.38. The molecule has 0 aromatic carbocycles. The van der Waals surface area contributed by atoms with Crippen molar-refractivity contribution in [2.45, 2.75) is 65.6 Å². The normalized spacial score (nSPS) is 15.7. The van der Waals surface area contributed by atoms with Crippen LogP contribution in [0.25, 0.3) is 0 Å². The van der Waals surface area contributed by atoms with Gasteiger partial charge in [-0.25, -0.2) is 4.98 Å². The fraction of sp³-hybridized carbons (Fsp3) is 0.706. The van der Waals surface area contributed by atoms with Crippen molar-refractivity contribution in [3.63, 3.8) is 0 Å². The molecule has 3 heteroatoms. The lowest BCUT2D eigenvalue weighted by molar-refractivity contribution is 0.423. The molecule has 1 aromatic heterocycles. The quantitative estimate of drug-likeness (QED) is 0.860. The molecule has 0 unspecified atom stereocenters. The Morgan fingerprint density at radius 2 is 2.05 bits per heavy atom. The van der Waals surface area contributed by atoms with Gasteiger partial charge in [-0.3, -0.25) is 0 Å². The Hall–Kier alpha value is -1.09. The Morgan fingerprint density at radius 1 is 1.35 bits per heavy atom. The van der Waals surface area contributed by atoms with Crippen molar-refractivity contribution in [2.24, 2.45) is 5.92 Å². The molecule has 1 fully saturated rings. The SMILES string of the molecule is CC(C)CN(c1ncccc1CNC(C)(C)C)C1CC1. The van der Waals surface area contributed by atoms with Gasteiger partial charge in [-0.1, -0.05) is 19.9 Å². The lowest BCUT2D eigenvalue weighted by Gasteiger charge is -2.29. The predicted molar refractivity (Wildman–Crippen MR) is 86.0 cm³/mol. The first-order valence-corrected chi connectivity index (χ1v) is 7.82. The molecule has 2 rings (SSSR count). The van der Waals surface area contributed by atoms with Crippen LogP contribution in [-0.4, -0.2) is 23.1 Å². The molecule has 0 bridgehead atoms. The number of rotatable bonds is 6. The highest BCUT2D eigenvalue weighted by atomic mass is 15.2. The highest BCUT2D eigenvalue weighted by Gasteiger charge is 2.31. The average molecular weight is 275 g/mol. The van der Waals surface area contributed by atoms with Crippen LogP contribution in [0.2, 0.25) is 0 Å². The van der Waals surface area contributed by atoms with Gasteiger partial charge in [-0.15, -0.1) is 0 Å². The van der Waals surface area contributed by atoms with Gasteiger partial charge in [0, 0.05) is 36.4 Å². The van der Waals surface area contributed by atoms with Crippen LogP contribution in [0, 0.1) is 5.92 Å². The second-order valence-electron chi connectivity index (χ2n) is 7.37. The third kappa shape index (κ3) is 4.48. The number of hydrogen-bond acceptors (Lipinski definition) is 3. The number of anilines is 1. The molecule has 0 amide bonds. The maximum Gasteiger partial charge on any atom is 0.133 e. The second kappa shape index (κ2) is 6.13. The first kappa shape index (κ1) is 15.3. The van der Waals surface area contributed by atoms with E-state index in [-0.39, 0.29) is 5.54 Å². The zero-order chi connectivity index (χ0) is 14.8. The molecule has 1 N–H and O–H groups in total. The largest absolute Gasteiger partial charge is 0.353 e. The molecule has 1 heterocycles. The molecule has 1 saturated carbocycles. The minimum absolute atomic E-state index is 0.134. The summed E-state index contributed by atoms with van der Waals surface area (Å²) in [5.41, 5.74) is 1.45. The monoisotopic (exact) mass is 275 g/mol. The lowest BCUT2D eigenvalue weighted by atomic mass is 10.1. The highest BCUT2D eigenvalue weighted by molar-refractivity contribution is 5.49. The minimum atomic E-state index is 0.134. The lowest BCUT2D eigenvalue weighted by Crippen LogP contribution is -2.37. The van der Waals surface area contributed by atoms with Crippen LogP contribution in [0.4, 0.5) is 5.82 Å². The van der Waals surface area contributed by atoms with Crippen molar-refractivity contribution in [3.8, 4) is 0 Å². The van der Waals surface area contributed by atoms with E-state index in [1.807, 2.05) is 12.3 Å². The van der Waals surface area contributed by atoms with E-state index >= 15 is 0 Å². The zero-order valence-electron chi connectivity index (χ0n) is 13.6. The first-order chi connectivity index (χ1) is 9.37. The zero-order valence-corrected chi connectivity index (χ0v) is 13.6. The molecule has 0 aliphatic heterocycles. The van der Waals surface area contributed by atoms with Crippen LogP contribution in [-0.2, 0) is 6.54 Å². The molecule has 1 aromatic rings. The third-order valence-electron chi connectivity index (χ3n) is 3.50. The summed E-state index contributed by atoms with van der Waals surface area (Å²) in [6.07, 6.45) is 4.55. The van der Waals surface area contributed by atoms with E-state index in [9.17, 15) is 0 Å². The van der Waals surface area contributed by atoms with E-state index in [0.717, 1.165) is 13.1 Å². The van der Waals surface area contributed by atoms with Crippen molar-refractivity contribution in [3.05, 3.63) is 23.9 Å². The van der Waals surface area contributed by atoms with E-state index in [1.165, 1.54) is 24.2 Å². The molecule has 20 heavy (non-hydrogen) atoms. The van der Waals surface area contributed by atoms with Crippen LogP contribution in [0.1, 0.15) is 53.0 Å². The second-order valence-corrected chi connectivity index (χ2v) is 7.37. The molecular weight excluding hydrogens is 246 g/mol. The maximum atomic E-state index is 4.68. The Bertz CT molecular complexity index is 430. The van der Waals surface area contributed by atoms with Crippen molar-refractivity contribution >= 4 is 5.82 Å². The summed E-state index contributed by atoms with van der Waals surface area (Å²) in [6.45, 7) is 13.2. The molecule has 0 saturated heterocycles. The Morgan fingerprint density at radius 3 is 2.60 bits per heavy atom. The number of nitrogens with one attached hydrogen (secondary N) is 1. The number of aromatic nitrogens is 1. The van der Waals surface area contributed by atoms with Crippen LogP contribution in [0.15, 0.2) is 18.3 Å². The summed E-state index contributed by atoms with van der Waals surface area (Å²) in [6, 6.07) is 4.96. The maximum absolute atomic E-state index is 4.68. The summed E-state index contributed by atoms with van der Waals surface area (Å²) >= 11 is 0. The van der Waals surface area contributed by atoms with Gasteiger partial charge >= 0.3 is 0 Å². The highest BCUT2D eigenvalue weighted by Crippen LogP contribution is 2.33. The topological polar surface area (TPSA) is 28.2 Å². The van der Waals surface area contributed by atoms with Crippen molar-refractivity contribution < 1.29 is 0 Å². The van der Waals surface area contributed by atoms with E-state index < -0.39 is 0 Å². The van der Waals surface area contributed by atoms with Gasteiger partial charge in [0.1, 0.15) is 5.82 Å². The number of nitrogens with zero attached hydrogens (tertiary/aromatic N) is 2. The summed E-state index contributed by atoms with van der Waals surface area (Å²) in [4.78, 5) is 7.20. The smallest absolute Gasteiger partial charge is 0.133 e. The van der Waals surface area contributed by atoms with Crippen LogP contribution >= 0.6 is 0 Å². The molecule has 3 nitrogen and oxygen atoms in total. The Kier molecular flexibility index (Phi) is 4.69. The summed E-state index contributed by atoms with van der Waals surface area (Å²) < 4.78 is 0. The van der Waals surface area contributed by atoms with Gasteiger partial charge in [0.25, 0.3) is 0 Å². The van der Waals surface area contributed by atoms with Gasteiger partial charge < -0.3 is 10.2 Å². The molecule has 0 atom stereocenters. The molecule has 112 valence electrons. The van der Waals surface area contributed by atoms with Gasteiger partial charge in [-0.05, 0) is 45.6 Å². The van der Waals surface area contributed by atoms with Gasteiger partial charge in [0.2, 0.25) is 0 Å². The Balaban J connectivity index is 2.16. The summed E-state index contributed by atoms with van der Waals surface area (Å²) in [5, 5.41) is 3.58. The molecular formula is C17H29N3. The number of pyridine rings is 1. The van der Waals surface area contributed by atoms with Crippen molar-refractivity contribution in [1.29, 1.82) is 0 Å². The molecule has 1 aliphatic rings. The standard InChI is InChI=1S/C17H29N3/c1-13(2)12-20(15-8-9-15)16-14(7-6-10-18-16)11-19-17(3,4)5/h6-7,10,13,15,19H,8-9,11-12H2,1-5H3. The average Bonchev–Trinajstić information content (AvgIpc) is 3.17. The van der Waals surface area contributed by atoms with Gasteiger partial charge in [-0.2, -0.15) is 0 Å². The van der Waals surface area contributed by atoms with Crippen molar-refractivity contribution in [2.75, 3.05) is 11.4 Å². The van der Waals surface area contributed by atoms with E-state index in [1.54, 1.807) is 0 Å². The molecule has 0 spiro atoms. The third-order valence-corrected chi connectivity index (χ3v) is 3.50. The van der Waals surface area contributed by atoms with Gasteiger partial charge in [0.15, 0.2) is 0 Å². The summed E-state index contributed by atoms with van der Waals surface area (Å²) in [5.74, 6) is 1.85. The van der Waals surface area contributed by atoms with Crippen molar-refractivity contribution in [1.82, 2.24) is 10.3 Å².